The molecule has 3 nitrogen and oxygen atoms in total. The molecule has 0 unspecified atom stereocenters. The van der Waals surface area contributed by atoms with E-state index in [0.29, 0.717) is 5.33 Å². The van der Waals surface area contributed by atoms with Crippen LogP contribution >= 0.6 is 15.9 Å². The van der Waals surface area contributed by atoms with Gasteiger partial charge in [0.15, 0.2) is 0 Å². The van der Waals surface area contributed by atoms with Crippen LogP contribution in [0.3, 0.4) is 0 Å². The Balaban J connectivity index is 3.24. The Bertz CT molecular complexity index is 86.1. The number of nitrogens with two attached hydrogens (primary N) is 1. The molecule has 0 bridgehead atoms. The lowest BCUT2D eigenvalue weighted by atomic mass is 10.5. The quantitative estimate of drug-likeness (QED) is 0.644. The van der Waals surface area contributed by atoms with Gasteiger partial charge in [-0.3, -0.25) is 0 Å². The summed E-state index contributed by atoms with van der Waals surface area (Å²) in [5.41, 5.74) is 4.69. The van der Waals surface area contributed by atoms with E-state index in [9.17, 15) is 4.79 Å². The first-order chi connectivity index (χ1) is 3.66. The average molecular weight is 182 g/mol. The van der Waals surface area contributed by atoms with Gasteiger partial charge in [0.25, 0.3) is 0 Å². The maximum Gasteiger partial charge on any atom is 0.404 e. The highest BCUT2D eigenvalue weighted by Crippen LogP contribution is 1.93. The lowest BCUT2D eigenvalue weighted by Gasteiger charge is -2.05. The summed E-state index contributed by atoms with van der Waals surface area (Å²) >= 11 is 3.11. The van der Waals surface area contributed by atoms with Crippen molar-refractivity contribution in [2.75, 3.05) is 5.33 Å². The molecule has 0 aromatic heterocycles. The van der Waals surface area contributed by atoms with Gasteiger partial charge in [0.2, 0.25) is 0 Å². The van der Waals surface area contributed by atoms with Crippen molar-refractivity contribution in [1.29, 1.82) is 0 Å². The third-order valence-corrected chi connectivity index (χ3v) is 1.45. The van der Waals surface area contributed by atoms with Crippen LogP contribution in [-0.2, 0) is 4.74 Å². The standard InChI is InChI=1S/C4H8BrNO2/c1-3(2-5)8-4(6)7/h3H,2H2,1H3,(H2,6,7)/t3-/m1/s1. The molecule has 0 saturated heterocycles. The predicted molar refractivity (Wildman–Crippen MR) is 33.9 cm³/mol. The molecular formula is C4H8BrNO2. The van der Waals surface area contributed by atoms with E-state index in [1.54, 1.807) is 6.92 Å². The number of ether oxygens (including phenoxy) is 1. The summed E-state index contributed by atoms with van der Waals surface area (Å²) in [4.78, 5) is 9.95. The summed E-state index contributed by atoms with van der Waals surface area (Å²) in [7, 11) is 0. The summed E-state index contributed by atoms with van der Waals surface area (Å²) in [5, 5.41) is 0.621. The number of carbonyl (C=O) groups excluding carboxylic acids is 1. The molecule has 0 spiro atoms. The summed E-state index contributed by atoms with van der Waals surface area (Å²) in [5.74, 6) is 0. The molecule has 4 heteroatoms. The second-order valence-electron chi connectivity index (χ2n) is 1.40. The number of carbonyl (C=O) groups is 1. The molecule has 0 fully saturated rings. The van der Waals surface area contributed by atoms with Crippen molar-refractivity contribution in [3.05, 3.63) is 0 Å². The highest BCUT2D eigenvalue weighted by atomic mass is 79.9. The Hall–Kier alpha value is -0.250. The third kappa shape index (κ3) is 3.92. The van der Waals surface area contributed by atoms with Gasteiger partial charge in [-0.15, -0.1) is 0 Å². The number of hydrogen-bond acceptors (Lipinski definition) is 2. The molecule has 0 aliphatic rings. The minimum absolute atomic E-state index is 0.132. The number of alkyl halides is 1. The van der Waals surface area contributed by atoms with Crippen LogP contribution in [0.5, 0.6) is 0 Å². The van der Waals surface area contributed by atoms with E-state index in [-0.39, 0.29) is 6.10 Å². The summed E-state index contributed by atoms with van der Waals surface area (Å²) < 4.78 is 4.49. The molecule has 1 atom stereocenters. The van der Waals surface area contributed by atoms with Crippen LogP contribution in [0, 0.1) is 0 Å². The first kappa shape index (κ1) is 7.75. The molecule has 0 heterocycles. The van der Waals surface area contributed by atoms with Crippen LogP contribution in [0.15, 0.2) is 0 Å². The fourth-order valence-corrected chi connectivity index (χ4v) is 0.362. The van der Waals surface area contributed by atoms with Gasteiger partial charge in [0.05, 0.1) is 0 Å². The van der Waals surface area contributed by atoms with Crippen LogP contribution in [-0.4, -0.2) is 17.5 Å². The highest BCUT2D eigenvalue weighted by molar-refractivity contribution is 9.09. The minimum atomic E-state index is -0.725. The van der Waals surface area contributed by atoms with Gasteiger partial charge in [0, 0.05) is 5.33 Å². The van der Waals surface area contributed by atoms with Crippen LogP contribution in [0.25, 0.3) is 0 Å². The minimum Gasteiger partial charge on any atom is -0.446 e. The fourth-order valence-electron chi connectivity index (χ4n) is 0.230. The van der Waals surface area contributed by atoms with Gasteiger partial charge in [-0.2, -0.15) is 0 Å². The number of amides is 1. The van der Waals surface area contributed by atoms with Crippen molar-refractivity contribution in [1.82, 2.24) is 0 Å². The van der Waals surface area contributed by atoms with Gasteiger partial charge in [-0.1, -0.05) is 15.9 Å². The molecule has 0 saturated carbocycles. The van der Waals surface area contributed by atoms with Gasteiger partial charge >= 0.3 is 6.09 Å². The maximum absolute atomic E-state index is 9.95. The van der Waals surface area contributed by atoms with Crippen LogP contribution < -0.4 is 5.73 Å². The molecular weight excluding hydrogens is 174 g/mol. The molecule has 2 N–H and O–H groups in total. The molecule has 0 aromatic rings. The molecule has 0 aromatic carbocycles. The van der Waals surface area contributed by atoms with E-state index in [1.807, 2.05) is 0 Å². The summed E-state index contributed by atoms with van der Waals surface area (Å²) in [6.45, 7) is 1.75. The molecule has 0 rings (SSSR count). The Kier molecular flexibility index (Phi) is 3.60. The van der Waals surface area contributed by atoms with Crippen molar-refractivity contribution in [3.8, 4) is 0 Å². The zero-order valence-electron chi connectivity index (χ0n) is 4.56. The Morgan fingerprint density at radius 2 is 2.50 bits per heavy atom. The fraction of sp³-hybridized carbons (Fsp3) is 0.750. The second-order valence-corrected chi connectivity index (χ2v) is 2.05. The van der Waals surface area contributed by atoms with Gasteiger partial charge < -0.3 is 10.5 Å². The van der Waals surface area contributed by atoms with E-state index >= 15 is 0 Å². The topological polar surface area (TPSA) is 52.3 Å². The molecule has 0 radical (unpaired) electrons. The van der Waals surface area contributed by atoms with Crippen molar-refractivity contribution < 1.29 is 9.53 Å². The Labute approximate surface area is 56.3 Å². The number of rotatable bonds is 2. The highest BCUT2D eigenvalue weighted by Gasteiger charge is 2.00. The lowest BCUT2D eigenvalue weighted by Crippen LogP contribution is -2.20. The maximum atomic E-state index is 9.95. The molecule has 1 amide bonds. The third-order valence-electron chi connectivity index (χ3n) is 0.535. The summed E-state index contributed by atoms with van der Waals surface area (Å²) in [6, 6.07) is 0. The van der Waals surface area contributed by atoms with E-state index in [4.69, 9.17) is 0 Å². The predicted octanol–water partition coefficient (Wildman–Crippen LogP) is 0.865. The SMILES string of the molecule is C[C@H](CBr)OC(N)=O. The monoisotopic (exact) mass is 181 g/mol. The van der Waals surface area contributed by atoms with Gasteiger partial charge in [-0.25, -0.2) is 4.79 Å². The second kappa shape index (κ2) is 3.72. The van der Waals surface area contributed by atoms with Crippen molar-refractivity contribution in [2.24, 2.45) is 5.73 Å². The zero-order valence-corrected chi connectivity index (χ0v) is 6.14. The van der Waals surface area contributed by atoms with Gasteiger partial charge in [-0.05, 0) is 6.92 Å². The molecule has 0 aliphatic carbocycles. The number of halogens is 1. The lowest BCUT2D eigenvalue weighted by molar-refractivity contribution is 0.128. The van der Waals surface area contributed by atoms with E-state index in [2.05, 4.69) is 26.4 Å². The summed E-state index contributed by atoms with van der Waals surface area (Å²) in [6.07, 6.45) is -0.857. The van der Waals surface area contributed by atoms with Crippen LogP contribution in [0.1, 0.15) is 6.92 Å². The van der Waals surface area contributed by atoms with Crippen molar-refractivity contribution in [3.63, 3.8) is 0 Å². The normalized spacial score (nSPS) is 12.8. The average Bonchev–Trinajstić information content (AvgIpc) is 1.65. The first-order valence-corrected chi connectivity index (χ1v) is 3.31. The largest absolute Gasteiger partial charge is 0.446 e. The van der Waals surface area contributed by atoms with Gasteiger partial charge in [0.1, 0.15) is 6.10 Å². The van der Waals surface area contributed by atoms with Crippen LogP contribution in [0.2, 0.25) is 0 Å². The van der Waals surface area contributed by atoms with E-state index in [0.717, 1.165) is 0 Å². The number of hydrogen-bond donors (Lipinski definition) is 1. The van der Waals surface area contributed by atoms with Crippen LogP contribution in [0.4, 0.5) is 4.79 Å². The Morgan fingerprint density at radius 1 is 2.00 bits per heavy atom. The van der Waals surface area contributed by atoms with Crippen molar-refractivity contribution >= 4 is 22.0 Å². The first-order valence-electron chi connectivity index (χ1n) is 2.19. The Morgan fingerprint density at radius 3 is 2.62 bits per heavy atom. The van der Waals surface area contributed by atoms with Crippen molar-refractivity contribution in [2.45, 2.75) is 13.0 Å². The van der Waals surface area contributed by atoms with E-state index < -0.39 is 6.09 Å². The molecule has 0 aliphatic heterocycles. The van der Waals surface area contributed by atoms with E-state index in [1.165, 1.54) is 0 Å². The molecule has 48 valence electrons. The zero-order chi connectivity index (χ0) is 6.57. The number of primary amides is 1. The molecule has 8 heavy (non-hydrogen) atoms. The smallest absolute Gasteiger partial charge is 0.404 e.